The fraction of sp³-hybridized carbons (Fsp3) is 0.735. The van der Waals surface area contributed by atoms with E-state index in [0.717, 1.165) is 18.4 Å². The van der Waals surface area contributed by atoms with Crippen molar-refractivity contribution in [3.8, 4) is 0 Å². The van der Waals surface area contributed by atoms with Crippen molar-refractivity contribution in [1.29, 1.82) is 0 Å². The van der Waals surface area contributed by atoms with Gasteiger partial charge in [0.1, 0.15) is 11.4 Å². The number of aliphatic hydroxyl groups is 3. The molecule has 8 atom stereocenters. The highest BCUT2D eigenvalue weighted by atomic mass is 16.5. The lowest BCUT2D eigenvalue weighted by atomic mass is 9.39. The van der Waals surface area contributed by atoms with Crippen molar-refractivity contribution in [3.05, 3.63) is 35.6 Å². The number of rotatable bonds is 8. The fourth-order valence-electron chi connectivity index (χ4n) is 9.00. The van der Waals surface area contributed by atoms with E-state index in [1.807, 2.05) is 33.8 Å². The molecule has 8 unspecified atom stereocenters. The zero-order valence-electron chi connectivity index (χ0n) is 26.3. The predicted octanol–water partition coefficient (Wildman–Crippen LogP) is 4.88. The Morgan fingerprint density at radius 1 is 1.10 bits per heavy atom. The Hall–Kier alpha value is -2.09. The molecule has 228 valence electrons. The molecule has 2 fully saturated rings. The van der Waals surface area contributed by atoms with E-state index in [-0.39, 0.29) is 29.8 Å². The number of ketones is 3. The number of aliphatic hydroxyl groups excluding tert-OH is 1. The topological polar surface area (TPSA) is 121 Å². The Labute approximate surface area is 245 Å². The third-order valence-corrected chi connectivity index (χ3v) is 11.5. The molecule has 4 rings (SSSR count). The second-order valence-electron chi connectivity index (χ2n) is 15.1. The molecule has 3 N–H and O–H groups in total. The normalized spacial score (nSPS) is 39.8. The molecule has 0 bridgehead atoms. The van der Waals surface area contributed by atoms with Crippen LogP contribution in [0.5, 0.6) is 0 Å². The Morgan fingerprint density at radius 2 is 1.73 bits per heavy atom. The van der Waals surface area contributed by atoms with Crippen LogP contribution in [0.1, 0.15) is 94.4 Å². The van der Waals surface area contributed by atoms with Gasteiger partial charge in [0.05, 0.1) is 23.7 Å². The molecular formula is C34H50O7. The quantitative estimate of drug-likeness (QED) is 0.216. The van der Waals surface area contributed by atoms with Gasteiger partial charge in [-0.2, -0.15) is 0 Å². The van der Waals surface area contributed by atoms with E-state index in [1.165, 1.54) is 32.9 Å². The second-order valence-corrected chi connectivity index (χ2v) is 15.1. The number of fused-ring (bicyclic) bond motifs is 5. The van der Waals surface area contributed by atoms with Gasteiger partial charge in [0.2, 0.25) is 5.78 Å². The molecule has 0 aromatic rings. The van der Waals surface area contributed by atoms with Gasteiger partial charge >= 0.3 is 0 Å². The third-order valence-electron chi connectivity index (χ3n) is 11.5. The molecule has 0 radical (unpaired) electrons. The number of ether oxygens (including phenoxy) is 1. The maximum Gasteiger partial charge on any atom is 0.206 e. The Balaban J connectivity index is 1.79. The minimum absolute atomic E-state index is 0.0155. The summed E-state index contributed by atoms with van der Waals surface area (Å²) in [6.45, 7) is 16.9. The van der Waals surface area contributed by atoms with E-state index >= 15 is 0 Å². The molecule has 2 saturated carbocycles. The number of carbonyl (C=O) groups excluding carboxylic acids is 3. The van der Waals surface area contributed by atoms with Gasteiger partial charge in [-0.25, -0.2) is 0 Å². The van der Waals surface area contributed by atoms with E-state index in [0.29, 0.717) is 25.2 Å². The molecule has 7 nitrogen and oxygen atoms in total. The summed E-state index contributed by atoms with van der Waals surface area (Å²) in [4.78, 5) is 41.3. The maximum atomic E-state index is 14.5. The molecular weight excluding hydrogens is 520 g/mol. The van der Waals surface area contributed by atoms with Crippen LogP contribution in [0.15, 0.2) is 35.6 Å². The fourth-order valence-corrected chi connectivity index (χ4v) is 9.00. The summed E-state index contributed by atoms with van der Waals surface area (Å²) in [7, 11) is 0. The number of hydrogen-bond donors (Lipinski definition) is 3. The van der Waals surface area contributed by atoms with Crippen LogP contribution < -0.4 is 0 Å². The van der Waals surface area contributed by atoms with Crippen LogP contribution >= 0.6 is 0 Å². The average Bonchev–Trinajstić information content (AvgIpc) is 3.05. The van der Waals surface area contributed by atoms with Crippen molar-refractivity contribution >= 4 is 17.3 Å². The SMILES string of the molecule is CCCCOC1=CC2C(=CCC3C2(C)C(=O)CC2(C)C(C(C)(O)C(=O)C=CC(C)(C)O)C(O)CC32C)C(C)(C)C1=O. The van der Waals surface area contributed by atoms with Crippen LogP contribution in [0.2, 0.25) is 0 Å². The number of carbonyl (C=O) groups is 3. The van der Waals surface area contributed by atoms with Crippen LogP contribution in [0, 0.1) is 39.4 Å². The van der Waals surface area contributed by atoms with Gasteiger partial charge in [0.15, 0.2) is 11.5 Å². The largest absolute Gasteiger partial charge is 0.490 e. The lowest BCUT2D eigenvalue weighted by Crippen LogP contribution is -2.64. The lowest BCUT2D eigenvalue weighted by Gasteiger charge is -2.63. The minimum atomic E-state index is -1.95. The van der Waals surface area contributed by atoms with Crippen molar-refractivity contribution in [3.63, 3.8) is 0 Å². The summed E-state index contributed by atoms with van der Waals surface area (Å²) in [5.74, 6) is -1.73. The van der Waals surface area contributed by atoms with E-state index in [9.17, 15) is 29.7 Å². The zero-order chi connectivity index (χ0) is 31.0. The number of Topliss-reactive ketones (excluding diaryl/α,β-unsaturated/α-hetero) is 2. The van der Waals surface area contributed by atoms with E-state index in [4.69, 9.17) is 4.74 Å². The van der Waals surface area contributed by atoms with Crippen LogP contribution in [-0.2, 0) is 19.1 Å². The molecule has 0 saturated heterocycles. The van der Waals surface area contributed by atoms with Crippen LogP contribution in [0.3, 0.4) is 0 Å². The molecule has 0 aliphatic heterocycles. The van der Waals surface area contributed by atoms with Gasteiger partial charge in [-0.15, -0.1) is 0 Å². The van der Waals surface area contributed by atoms with Gasteiger partial charge in [0, 0.05) is 23.7 Å². The monoisotopic (exact) mass is 570 g/mol. The van der Waals surface area contributed by atoms with Crippen molar-refractivity contribution in [2.24, 2.45) is 39.4 Å². The summed E-state index contributed by atoms with van der Waals surface area (Å²) in [5, 5.41) is 33.3. The maximum absolute atomic E-state index is 14.5. The number of allylic oxidation sites excluding steroid dienone is 4. The first-order chi connectivity index (χ1) is 18.7. The number of hydrogen-bond acceptors (Lipinski definition) is 7. The third kappa shape index (κ3) is 4.62. The highest BCUT2D eigenvalue weighted by molar-refractivity contribution is 6.02. The Bertz CT molecular complexity index is 1210. The van der Waals surface area contributed by atoms with Gasteiger partial charge in [-0.3, -0.25) is 14.4 Å². The Kier molecular flexibility index (Phi) is 7.76. The van der Waals surface area contributed by atoms with Crippen molar-refractivity contribution in [2.75, 3.05) is 6.61 Å². The molecule has 0 spiro atoms. The van der Waals surface area contributed by atoms with Crippen LogP contribution in [-0.4, -0.2) is 56.6 Å². The zero-order valence-corrected chi connectivity index (χ0v) is 26.3. The first kappa shape index (κ1) is 31.8. The highest BCUT2D eigenvalue weighted by Gasteiger charge is 2.74. The molecule has 0 aromatic carbocycles. The standard InChI is InChI=1S/C34H50O7/c1-10-11-16-41-23-17-21-20(30(4,5)28(23)38)12-13-24-31(6)18-22(35)27(32(31,7)19-26(37)33(21,24)8)34(9,40)25(36)14-15-29(2,3)39/h12,14-15,17,21-22,24,27,35,39-40H,10-11,13,16,18-19H2,1-9H3. The average molecular weight is 571 g/mol. The van der Waals surface area contributed by atoms with Crippen LogP contribution in [0.25, 0.3) is 0 Å². The summed E-state index contributed by atoms with van der Waals surface area (Å²) in [6.07, 6.45) is 8.26. The first-order valence-corrected chi connectivity index (χ1v) is 15.2. The Morgan fingerprint density at radius 3 is 2.32 bits per heavy atom. The second kappa shape index (κ2) is 9.99. The summed E-state index contributed by atoms with van der Waals surface area (Å²) in [5.41, 5.74) is -5.36. The molecule has 4 aliphatic carbocycles. The smallest absolute Gasteiger partial charge is 0.206 e. The van der Waals surface area contributed by atoms with Gasteiger partial charge in [0.25, 0.3) is 0 Å². The molecule has 7 heteroatoms. The minimum Gasteiger partial charge on any atom is -0.490 e. The molecule has 0 amide bonds. The van der Waals surface area contributed by atoms with Gasteiger partial charge in [-0.1, -0.05) is 51.8 Å². The first-order valence-electron chi connectivity index (χ1n) is 15.2. The van der Waals surface area contributed by atoms with Crippen molar-refractivity contribution in [2.45, 2.75) is 112 Å². The molecule has 41 heavy (non-hydrogen) atoms. The van der Waals surface area contributed by atoms with Crippen LogP contribution in [0.4, 0.5) is 0 Å². The summed E-state index contributed by atoms with van der Waals surface area (Å²) >= 11 is 0. The predicted molar refractivity (Wildman–Crippen MR) is 157 cm³/mol. The lowest BCUT2D eigenvalue weighted by molar-refractivity contribution is -0.179. The van der Waals surface area contributed by atoms with E-state index < -0.39 is 50.7 Å². The van der Waals surface area contributed by atoms with E-state index in [2.05, 4.69) is 19.9 Å². The van der Waals surface area contributed by atoms with Crippen molar-refractivity contribution < 1.29 is 34.4 Å². The van der Waals surface area contributed by atoms with Crippen molar-refractivity contribution in [1.82, 2.24) is 0 Å². The summed E-state index contributed by atoms with van der Waals surface area (Å²) < 4.78 is 6.00. The van der Waals surface area contributed by atoms with E-state index in [1.54, 1.807) is 0 Å². The summed E-state index contributed by atoms with van der Waals surface area (Å²) in [6, 6.07) is 0. The van der Waals surface area contributed by atoms with Gasteiger partial charge < -0.3 is 20.1 Å². The highest BCUT2D eigenvalue weighted by Crippen LogP contribution is 2.73. The molecule has 0 heterocycles. The molecule has 0 aromatic heterocycles. The molecule has 4 aliphatic rings. The number of unbranched alkanes of at least 4 members (excludes halogenated alkanes) is 1. The van der Waals surface area contributed by atoms with Gasteiger partial charge in [-0.05, 0) is 82.8 Å².